The molecule has 18 nitrogen and oxygen atoms in total. The van der Waals surface area contributed by atoms with E-state index in [1.807, 2.05) is 294 Å². The van der Waals surface area contributed by atoms with Crippen LogP contribution in [0.5, 0.6) is 0 Å². The van der Waals surface area contributed by atoms with E-state index in [1.165, 1.54) is 6.07 Å². The molecule has 24 aromatic rings. The van der Waals surface area contributed by atoms with Crippen LogP contribution in [0, 0.1) is 40.4 Å². The maximum Gasteiger partial charge on any atom is 0.284 e. The molecule has 690 valence electrons. The van der Waals surface area contributed by atoms with E-state index in [0.717, 1.165) is 204 Å². The maximum absolute atomic E-state index is 13.9. The number of fused-ring (bicyclic) bond motifs is 42. The first kappa shape index (κ1) is 94.8. The molecule has 0 atom stereocenters. The Morgan fingerprint density at radius 3 is 0.950 bits per heavy atom. The predicted molar refractivity (Wildman–Crippen MR) is 523 cm³/mol. The lowest BCUT2D eigenvalue weighted by atomic mass is 10.1. The molecule has 0 spiro atoms. The number of carbonyl (C=O) groups excluding carboxylic acids is 6. The number of pyridine rings is 6. The molecule has 141 heavy (non-hydrogen) atoms. The number of hydrogen-bond donors (Lipinski definition) is 6. The van der Waals surface area contributed by atoms with Crippen molar-refractivity contribution >= 4 is 200 Å². The third kappa shape index (κ3) is 14.4. The molecule has 30 rings (SSSR count). The second-order valence-electron chi connectivity index (χ2n) is 34.9. The van der Waals surface area contributed by atoms with E-state index in [9.17, 15) is 33.2 Å². The Balaban J connectivity index is 0.000000107. The van der Waals surface area contributed by atoms with Gasteiger partial charge in [0, 0.05) is 164 Å². The molecule has 0 saturated heterocycles. The Morgan fingerprint density at radius 1 is 0.234 bits per heavy atom. The maximum atomic E-state index is 13.9. The van der Waals surface area contributed by atoms with Crippen LogP contribution in [-0.2, 0) is 0 Å². The monoisotopic (exact) mass is 2030 g/mol. The number of hydrogen-bond acceptors (Lipinski definition) is 6. The predicted octanol–water partition coefficient (Wildman–Crippen LogP) is 4.52. The number of carbonyl (C=O) groups is 6. The van der Waals surface area contributed by atoms with Gasteiger partial charge < -0.3 is 104 Å². The lowest BCUT2D eigenvalue weighted by Gasteiger charge is -2.00. The zero-order valence-electron chi connectivity index (χ0n) is 74.9. The molecule has 6 N–H and O–H groups in total. The number of ketones is 6. The minimum Gasteiger partial charge on any atom is -1.00 e. The SMILES string of the molecule is Cc1cc2c(cc1Cl)-[n+]1ccc3c([nH]c4ccccc43)c1C2=O.Cc1cc2c(cc1F)-[n+]1ccc3c([nH]c4ccccc43)c1C2=O.Cc1ccc2c(c1)-[n+]1ccc3c([nH]c4ccccc43)c1C2=O.Cc1ccc2c(c1)C(=O)c1c3[nH]c4ccccc4c3cc[n+]1-2.Cc1ccc2c(c1Cl)-[n+]1ccc3c([nH]c4ccccc43)c1C2=O.O=C1c2c(Cl)cccc2-[n+]2ccc3c([nH]c4ccccc43)c21.[Cl-].[Cl-].[Cl-].[Cl-].[Cl-].[Cl-]. The highest BCUT2D eigenvalue weighted by Gasteiger charge is 2.46. The second kappa shape index (κ2) is 36.0. The summed E-state index contributed by atoms with van der Waals surface area (Å²) in [5.41, 5.74) is 29.2. The van der Waals surface area contributed by atoms with Crippen molar-refractivity contribution in [3.63, 3.8) is 0 Å². The van der Waals surface area contributed by atoms with Gasteiger partial charge in [0.2, 0.25) is 34.1 Å². The van der Waals surface area contributed by atoms with E-state index in [4.69, 9.17) is 34.8 Å². The Kier molecular flexibility index (Phi) is 24.2. The molecule has 28 heteroatoms. The molecule has 0 radical (unpaired) electrons. The normalized spacial score (nSPS) is 12.3. The van der Waals surface area contributed by atoms with E-state index in [2.05, 4.69) is 78.4 Å². The van der Waals surface area contributed by atoms with Crippen LogP contribution in [0.25, 0.3) is 165 Å². The zero-order valence-corrected chi connectivity index (χ0v) is 81.7. The minimum absolute atomic E-state index is 0. The van der Waals surface area contributed by atoms with E-state index in [-0.39, 0.29) is 115 Å². The van der Waals surface area contributed by atoms with Crippen molar-refractivity contribution in [2.24, 2.45) is 0 Å². The van der Waals surface area contributed by atoms with Crippen molar-refractivity contribution in [1.29, 1.82) is 0 Å². The zero-order chi connectivity index (χ0) is 91.7. The van der Waals surface area contributed by atoms with Crippen molar-refractivity contribution in [2.45, 2.75) is 34.6 Å². The van der Waals surface area contributed by atoms with Gasteiger partial charge in [0.15, 0.2) is 37.2 Å². The van der Waals surface area contributed by atoms with Gasteiger partial charge in [0.05, 0.1) is 10.0 Å². The van der Waals surface area contributed by atoms with Crippen molar-refractivity contribution in [2.75, 3.05) is 0 Å². The number of aromatic nitrogens is 12. The van der Waals surface area contributed by atoms with E-state index in [0.29, 0.717) is 71.3 Å². The Morgan fingerprint density at radius 2 is 0.539 bits per heavy atom. The highest BCUT2D eigenvalue weighted by molar-refractivity contribution is 6.37. The molecule has 0 aliphatic carbocycles. The van der Waals surface area contributed by atoms with Crippen molar-refractivity contribution in [1.82, 2.24) is 29.9 Å². The van der Waals surface area contributed by atoms with Crippen LogP contribution in [0.4, 0.5) is 4.39 Å². The number of aryl methyl sites for hydroxylation is 5. The number of aromatic amines is 6. The van der Waals surface area contributed by atoms with Gasteiger partial charge in [0.25, 0.3) is 68.9 Å². The first-order chi connectivity index (χ1) is 65.7. The first-order valence-electron chi connectivity index (χ1n) is 44.1. The lowest BCUT2D eigenvalue weighted by Crippen LogP contribution is -3.00. The number of benzene rings is 12. The van der Waals surface area contributed by atoms with Gasteiger partial charge in [-0.1, -0.05) is 168 Å². The van der Waals surface area contributed by atoms with Gasteiger partial charge in [-0.05, 0) is 135 Å². The Labute approximate surface area is 853 Å². The van der Waals surface area contributed by atoms with Crippen LogP contribution < -0.4 is 102 Å². The van der Waals surface area contributed by atoms with E-state index >= 15 is 0 Å². The summed E-state index contributed by atoms with van der Waals surface area (Å²) in [6.07, 6.45) is 11.7. The van der Waals surface area contributed by atoms with Gasteiger partial charge >= 0.3 is 0 Å². The third-order valence-corrected chi connectivity index (χ3v) is 28.3. The van der Waals surface area contributed by atoms with E-state index < -0.39 is 0 Å². The lowest BCUT2D eigenvalue weighted by molar-refractivity contribution is -0.592. The molecule has 0 amide bonds. The minimum atomic E-state index is -0.298. The summed E-state index contributed by atoms with van der Waals surface area (Å²) in [5, 5.41) is 14.9. The standard InChI is InChI=1S/2C19H11ClN2O.C19H11FN2O.2C19H12N2O.C18H9ClN2O.6ClH/c1-10-8-13-16(9-14(10)20)22-7-6-12-11-4-2-3-5-15(11)21-17(12)18(22)19(13)23;1-10-6-7-13-17(15(10)20)22-9-8-12-11-4-2-3-5-14(11)21-16(12)18(22)19(13)23;1-10-8-13-16(9-14(10)20)22-7-6-12-11-4-2-3-5-15(11)21-17(12)18(22)19(13)23;1-11-6-7-16-14(10-11)19(22)18-17-13(8-9-21(16)18)12-4-2-3-5-15(12)20-17;1-11-6-7-14-16(10-11)21-9-8-13-12-4-2-3-5-15(12)20-17(13)18(21)19(14)22;19-12-5-3-7-14-15(12)18(22)17-16-11(8-9-21(14)17)10-4-1-2-6-13(10)20-16;;;;;;/h3*2-9H,1H3;2*2-10H,1H3;1-9H;6*1H. The summed E-state index contributed by atoms with van der Waals surface area (Å²) in [5.74, 6) is -0.161. The summed E-state index contributed by atoms with van der Waals surface area (Å²) in [6, 6.07) is 88.9. The van der Waals surface area contributed by atoms with Crippen LogP contribution in [-0.4, -0.2) is 64.6 Å². The fourth-order valence-electron chi connectivity index (χ4n) is 20.7. The topological polar surface area (TPSA) is 220 Å². The van der Waals surface area contributed by atoms with Crippen LogP contribution in [0.3, 0.4) is 0 Å². The summed E-state index contributed by atoms with van der Waals surface area (Å²) < 4.78 is 25.5. The number of rotatable bonds is 0. The average Bonchev–Trinajstić information content (AvgIpc) is 1.59. The molecule has 12 aromatic carbocycles. The van der Waals surface area contributed by atoms with Gasteiger partial charge in [-0.15, -0.1) is 0 Å². The highest BCUT2D eigenvalue weighted by Crippen LogP contribution is 2.42. The van der Waals surface area contributed by atoms with Crippen LogP contribution in [0.15, 0.2) is 310 Å². The van der Waals surface area contributed by atoms with Crippen LogP contribution >= 0.6 is 34.8 Å². The molecule has 6 aliphatic heterocycles. The highest BCUT2D eigenvalue weighted by atomic mass is 35.5. The second-order valence-corrected chi connectivity index (χ2v) is 36.1. The summed E-state index contributed by atoms with van der Waals surface area (Å²) >= 11 is 19.0. The Hall–Kier alpha value is -15.1. The molecular weight excluding hydrogens is 1960 g/mol. The number of halogens is 10. The quantitative estimate of drug-likeness (QED) is 0.120. The third-order valence-electron chi connectivity index (χ3n) is 27.1. The summed E-state index contributed by atoms with van der Waals surface area (Å²) in [7, 11) is 0. The molecule has 0 fully saturated rings. The van der Waals surface area contributed by atoms with E-state index in [1.54, 1.807) is 23.6 Å². The molecule has 6 aliphatic rings. The average molecular weight is 2030 g/mol. The van der Waals surface area contributed by atoms with Crippen molar-refractivity contribution in [3.05, 3.63) is 426 Å². The molecular formula is C113H72Cl9FN12O6. The van der Waals surface area contributed by atoms with Gasteiger partial charge in [-0.3, -0.25) is 28.8 Å². The Bertz CT molecular complexity index is 9450. The summed E-state index contributed by atoms with van der Waals surface area (Å²) in [4.78, 5) is 97.7. The fourth-order valence-corrected chi connectivity index (χ4v) is 21.4. The molecule has 18 heterocycles. The van der Waals surface area contributed by atoms with Crippen LogP contribution in [0.2, 0.25) is 15.1 Å². The fraction of sp³-hybridized carbons (Fsp3) is 0.0442. The van der Waals surface area contributed by atoms with Gasteiger partial charge in [-0.25, -0.2) is 4.39 Å². The number of H-pyrrole nitrogens is 6. The number of nitrogens with zero attached hydrogens (tertiary/aromatic N) is 6. The number of nitrogens with one attached hydrogen (secondary N) is 6. The first-order valence-corrected chi connectivity index (χ1v) is 45.2. The molecule has 12 aromatic heterocycles. The number of para-hydroxylation sites is 6. The van der Waals surface area contributed by atoms with Gasteiger partial charge in [0.1, 0.15) is 77.3 Å². The van der Waals surface area contributed by atoms with Crippen LogP contribution in [0.1, 0.15) is 124 Å². The molecule has 0 unspecified atom stereocenters. The molecule has 0 bridgehead atoms. The smallest absolute Gasteiger partial charge is 0.284 e. The molecule has 0 saturated carbocycles. The van der Waals surface area contributed by atoms with Crippen molar-refractivity contribution in [3.8, 4) is 34.1 Å². The summed E-state index contributed by atoms with van der Waals surface area (Å²) in [6.45, 7) is 9.61. The van der Waals surface area contributed by atoms with Gasteiger partial charge in [-0.2, -0.15) is 27.4 Å². The van der Waals surface area contributed by atoms with Crippen molar-refractivity contribution < 1.29 is 135 Å². The largest absolute Gasteiger partial charge is 1.00 e.